The van der Waals surface area contributed by atoms with E-state index in [1.807, 2.05) is 40.7 Å². The maximum atomic E-state index is 6.41. The van der Waals surface area contributed by atoms with Crippen molar-refractivity contribution in [1.29, 1.82) is 0 Å². The van der Waals surface area contributed by atoms with E-state index in [-0.39, 0.29) is 5.41 Å². The van der Waals surface area contributed by atoms with Gasteiger partial charge in [-0.1, -0.05) is 163 Å². The highest BCUT2D eigenvalue weighted by Crippen LogP contribution is 2.51. The molecule has 7 aromatic rings. The Morgan fingerprint density at radius 2 is 1.06 bits per heavy atom. The van der Waals surface area contributed by atoms with Crippen LogP contribution in [-0.2, 0) is 5.41 Å². The van der Waals surface area contributed by atoms with Crippen molar-refractivity contribution < 1.29 is 4.74 Å². The molecule has 0 unspecified atom stereocenters. The molecular formula is C52H48O. The first-order valence-corrected chi connectivity index (χ1v) is 19.1. The van der Waals surface area contributed by atoms with E-state index in [9.17, 15) is 0 Å². The lowest BCUT2D eigenvalue weighted by atomic mass is 9.81. The van der Waals surface area contributed by atoms with E-state index in [1.54, 1.807) is 0 Å². The van der Waals surface area contributed by atoms with Gasteiger partial charge in [0, 0.05) is 16.4 Å². The molecule has 9 rings (SSSR count). The van der Waals surface area contributed by atoms with Crippen LogP contribution in [0, 0.1) is 0 Å². The lowest BCUT2D eigenvalue weighted by Crippen LogP contribution is -2.14. The van der Waals surface area contributed by atoms with Crippen LogP contribution in [-0.4, -0.2) is 0 Å². The highest BCUT2D eigenvalue weighted by atomic mass is 16.5. The van der Waals surface area contributed by atoms with Gasteiger partial charge in [0.25, 0.3) is 0 Å². The molecule has 0 bridgehead atoms. The number of allylic oxidation sites excluding steroid dienone is 3. The number of hydrogen-bond donors (Lipinski definition) is 0. The van der Waals surface area contributed by atoms with E-state index >= 15 is 0 Å². The number of ether oxygens (including phenoxy) is 1. The van der Waals surface area contributed by atoms with Gasteiger partial charge in [-0.05, 0) is 122 Å². The zero-order chi connectivity index (χ0) is 37.1. The molecule has 0 amide bonds. The Hall–Kier alpha value is -5.92. The Morgan fingerprint density at radius 3 is 1.75 bits per heavy atom. The molecule has 1 heteroatoms. The van der Waals surface area contributed by atoms with E-state index in [1.165, 1.54) is 72.1 Å². The highest BCUT2D eigenvalue weighted by Gasteiger charge is 2.35. The SMILES string of the molecule is C/C=C\C=C/c1ccc2c3c(cc(-c4cccc(-c5cccc(-c6ccc7c(c6)C(C)(C)c6ccccc6-7)c5)c4)cc13)-c1ccccc1O2.CC.CC. The second-order valence-corrected chi connectivity index (χ2v) is 13.7. The number of hydrogen-bond acceptors (Lipinski definition) is 1. The maximum absolute atomic E-state index is 6.41. The van der Waals surface area contributed by atoms with Gasteiger partial charge in [-0.15, -0.1) is 0 Å². The van der Waals surface area contributed by atoms with Gasteiger partial charge in [0.15, 0.2) is 0 Å². The van der Waals surface area contributed by atoms with Crippen molar-refractivity contribution in [3.05, 3.63) is 174 Å². The monoisotopic (exact) mass is 688 g/mol. The van der Waals surface area contributed by atoms with E-state index < -0.39 is 0 Å². The van der Waals surface area contributed by atoms with Gasteiger partial charge in [-0.3, -0.25) is 0 Å². The molecule has 0 N–H and O–H groups in total. The van der Waals surface area contributed by atoms with E-state index in [0.29, 0.717) is 0 Å². The van der Waals surface area contributed by atoms with Gasteiger partial charge >= 0.3 is 0 Å². The summed E-state index contributed by atoms with van der Waals surface area (Å²) in [5.41, 5.74) is 16.3. The molecule has 0 saturated heterocycles. The Morgan fingerprint density at radius 1 is 0.453 bits per heavy atom. The fourth-order valence-electron chi connectivity index (χ4n) is 7.89. The van der Waals surface area contributed by atoms with E-state index in [4.69, 9.17) is 4.74 Å². The Bertz CT molecular complexity index is 2510. The molecule has 0 saturated carbocycles. The lowest BCUT2D eigenvalue weighted by Gasteiger charge is -2.23. The Balaban J connectivity index is 0.00000105. The highest BCUT2D eigenvalue weighted by molar-refractivity contribution is 6.09. The van der Waals surface area contributed by atoms with Crippen molar-refractivity contribution >= 4 is 16.8 Å². The zero-order valence-corrected chi connectivity index (χ0v) is 32.0. The average Bonchev–Trinajstić information content (AvgIpc) is 3.45. The molecule has 0 atom stereocenters. The molecule has 0 spiro atoms. The average molecular weight is 689 g/mol. The molecule has 0 fully saturated rings. The first-order valence-electron chi connectivity index (χ1n) is 19.1. The predicted octanol–water partition coefficient (Wildman–Crippen LogP) is 15.6. The van der Waals surface area contributed by atoms with Gasteiger partial charge in [-0.2, -0.15) is 0 Å². The summed E-state index contributed by atoms with van der Waals surface area (Å²) < 4.78 is 6.41. The fourth-order valence-corrected chi connectivity index (χ4v) is 7.89. The molecule has 1 nitrogen and oxygen atoms in total. The summed E-state index contributed by atoms with van der Waals surface area (Å²) in [5, 5.41) is 2.35. The number of para-hydroxylation sites is 1. The van der Waals surface area contributed by atoms with Gasteiger partial charge in [-0.25, -0.2) is 0 Å². The molecular weight excluding hydrogens is 641 g/mol. The number of benzene rings is 7. The summed E-state index contributed by atoms with van der Waals surface area (Å²) in [6, 6.07) is 51.1. The van der Waals surface area contributed by atoms with Crippen LogP contribution in [0.3, 0.4) is 0 Å². The first-order chi connectivity index (χ1) is 26.0. The summed E-state index contributed by atoms with van der Waals surface area (Å²) in [6.45, 7) is 14.7. The molecule has 1 aliphatic heterocycles. The Labute approximate surface area is 316 Å². The van der Waals surface area contributed by atoms with Gasteiger partial charge < -0.3 is 4.74 Å². The third kappa shape index (κ3) is 6.31. The minimum absolute atomic E-state index is 0.0250. The molecule has 1 aliphatic carbocycles. The van der Waals surface area contributed by atoms with Gasteiger partial charge in [0.2, 0.25) is 0 Å². The first kappa shape index (κ1) is 35.5. The molecule has 0 aromatic heterocycles. The summed E-state index contributed by atoms with van der Waals surface area (Å²) in [7, 11) is 0. The minimum atomic E-state index is -0.0250. The van der Waals surface area contributed by atoms with Crippen molar-refractivity contribution in [3.63, 3.8) is 0 Å². The van der Waals surface area contributed by atoms with Crippen LogP contribution in [0.25, 0.3) is 72.5 Å². The van der Waals surface area contributed by atoms with Crippen molar-refractivity contribution in [2.24, 2.45) is 0 Å². The van der Waals surface area contributed by atoms with Crippen LogP contribution in [0.4, 0.5) is 0 Å². The smallest absolute Gasteiger partial charge is 0.135 e. The number of fused-ring (bicyclic) bond motifs is 5. The van der Waals surface area contributed by atoms with Crippen LogP contribution in [0.15, 0.2) is 158 Å². The van der Waals surface area contributed by atoms with Crippen molar-refractivity contribution in [2.75, 3.05) is 0 Å². The normalized spacial score (nSPS) is 13.0. The summed E-state index contributed by atoms with van der Waals surface area (Å²) >= 11 is 0. The second kappa shape index (κ2) is 15.0. The Kier molecular flexibility index (Phi) is 10.0. The number of rotatable bonds is 5. The fraction of sp³-hybridized carbons (Fsp3) is 0.154. The van der Waals surface area contributed by atoms with Crippen molar-refractivity contribution in [2.45, 2.75) is 53.9 Å². The minimum Gasteiger partial charge on any atom is -0.456 e. The van der Waals surface area contributed by atoms with Crippen LogP contribution >= 0.6 is 0 Å². The summed E-state index contributed by atoms with van der Waals surface area (Å²) in [5.74, 6) is 1.80. The molecule has 7 aromatic carbocycles. The topological polar surface area (TPSA) is 9.23 Å². The third-order valence-electron chi connectivity index (χ3n) is 10.4. The van der Waals surface area contributed by atoms with Crippen LogP contribution in [0.1, 0.15) is 65.2 Å². The molecule has 262 valence electrons. The van der Waals surface area contributed by atoms with Crippen LogP contribution < -0.4 is 4.74 Å². The van der Waals surface area contributed by atoms with Gasteiger partial charge in [0.05, 0.1) is 0 Å². The van der Waals surface area contributed by atoms with E-state index in [0.717, 1.165) is 22.4 Å². The summed E-state index contributed by atoms with van der Waals surface area (Å²) in [4.78, 5) is 0. The largest absolute Gasteiger partial charge is 0.456 e. The maximum Gasteiger partial charge on any atom is 0.135 e. The summed E-state index contributed by atoms with van der Waals surface area (Å²) in [6.07, 6.45) is 8.42. The second-order valence-electron chi connectivity index (χ2n) is 13.7. The zero-order valence-electron chi connectivity index (χ0n) is 32.0. The molecule has 0 radical (unpaired) electrons. The van der Waals surface area contributed by atoms with Crippen LogP contribution in [0.2, 0.25) is 0 Å². The molecule has 53 heavy (non-hydrogen) atoms. The van der Waals surface area contributed by atoms with E-state index in [2.05, 4.69) is 172 Å². The molecule has 2 aliphatic rings. The van der Waals surface area contributed by atoms with Gasteiger partial charge in [0.1, 0.15) is 11.5 Å². The standard InChI is InChI=1S/C48H36O.2C2H6/c1-4-5-6-13-31-23-25-46-47-41(31)28-37(29-42(47)40-19-8-10-21-45(40)49-46)35-17-12-15-33(27-35)32-14-11-16-34(26-32)36-22-24-39-38-18-7-9-20-43(38)48(2,3)44(39)30-36;2*1-2/h4-30H,1-3H3;2*1-2H3/b5-4-,13-6-;;. The quantitative estimate of drug-likeness (QED) is 0.164. The molecule has 1 heterocycles. The van der Waals surface area contributed by atoms with Crippen molar-refractivity contribution in [3.8, 4) is 67.1 Å². The predicted molar refractivity (Wildman–Crippen MR) is 230 cm³/mol. The van der Waals surface area contributed by atoms with Crippen LogP contribution in [0.5, 0.6) is 11.5 Å². The third-order valence-corrected chi connectivity index (χ3v) is 10.4. The van der Waals surface area contributed by atoms with Crippen molar-refractivity contribution in [1.82, 2.24) is 0 Å². The lowest BCUT2D eigenvalue weighted by molar-refractivity contribution is 0.487.